The third kappa shape index (κ3) is 1.52. The Bertz CT molecular complexity index is 325. The van der Waals surface area contributed by atoms with Crippen molar-refractivity contribution in [3.63, 3.8) is 0 Å². The van der Waals surface area contributed by atoms with Crippen LogP contribution in [0.1, 0.15) is 18.6 Å². The van der Waals surface area contributed by atoms with Crippen molar-refractivity contribution in [2.45, 2.75) is 19.1 Å². The third-order valence-electron chi connectivity index (χ3n) is 2.21. The summed E-state index contributed by atoms with van der Waals surface area (Å²) in [6, 6.07) is 4.51. The molecule has 13 heavy (non-hydrogen) atoms. The summed E-state index contributed by atoms with van der Waals surface area (Å²) in [4.78, 5) is 0. The fraction of sp³-hybridized carbons (Fsp3) is 0.400. The molecule has 2 nitrogen and oxygen atoms in total. The second-order valence-corrected chi connectivity index (χ2v) is 3.15. The quantitative estimate of drug-likeness (QED) is 0.654. The molecule has 0 amide bonds. The molecule has 0 saturated carbocycles. The van der Waals surface area contributed by atoms with Crippen LogP contribution in [0, 0.1) is 5.82 Å². The molecule has 1 aromatic rings. The summed E-state index contributed by atoms with van der Waals surface area (Å²) in [6.07, 6.45) is 0.301. The smallest absolute Gasteiger partial charge is 0.127 e. The van der Waals surface area contributed by atoms with Gasteiger partial charge in [0.15, 0.2) is 0 Å². The van der Waals surface area contributed by atoms with Crippen molar-refractivity contribution in [1.82, 2.24) is 0 Å². The molecule has 0 unspecified atom stereocenters. The molecular formula is C10H11FO2. The summed E-state index contributed by atoms with van der Waals surface area (Å²) >= 11 is 0. The molecule has 0 radical (unpaired) electrons. The van der Waals surface area contributed by atoms with Crippen molar-refractivity contribution in [3.05, 3.63) is 29.6 Å². The predicted octanol–water partition coefficient (Wildman–Crippen LogP) is 2.29. The summed E-state index contributed by atoms with van der Waals surface area (Å²) < 4.78 is 23.1. The molecule has 1 aromatic carbocycles. The van der Waals surface area contributed by atoms with Gasteiger partial charge in [-0.3, -0.25) is 0 Å². The Kier molecular flexibility index (Phi) is 1.96. The molecule has 0 N–H and O–H groups in total. The maximum atomic E-state index is 12.8. The van der Waals surface area contributed by atoms with Gasteiger partial charge in [0.05, 0.1) is 13.2 Å². The molecule has 0 aliphatic carbocycles. The van der Waals surface area contributed by atoms with E-state index in [9.17, 15) is 4.39 Å². The second kappa shape index (κ2) is 3.00. The molecule has 1 saturated heterocycles. The van der Waals surface area contributed by atoms with Gasteiger partial charge in [0, 0.05) is 11.6 Å². The Morgan fingerprint density at radius 3 is 2.69 bits per heavy atom. The SMILES string of the molecule is COc1cc(F)ccc1[C@@H]1O[C@H]1C. The van der Waals surface area contributed by atoms with Crippen molar-refractivity contribution < 1.29 is 13.9 Å². The average Bonchev–Trinajstić information content (AvgIpc) is 2.82. The molecule has 0 aromatic heterocycles. The summed E-state index contributed by atoms with van der Waals surface area (Å²) in [5.74, 6) is 0.281. The Morgan fingerprint density at radius 2 is 2.15 bits per heavy atom. The van der Waals surface area contributed by atoms with E-state index < -0.39 is 0 Å². The van der Waals surface area contributed by atoms with E-state index in [1.165, 1.54) is 19.2 Å². The van der Waals surface area contributed by atoms with Gasteiger partial charge in [0.25, 0.3) is 0 Å². The van der Waals surface area contributed by atoms with Gasteiger partial charge in [-0.1, -0.05) is 0 Å². The Hall–Kier alpha value is -1.09. The van der Waals surface area contributed by atoms with Crippen LogP contribution in [-0.2, 0) is 4.74 Å². The van der Waals surface area contributed by atoms with Crippen LogP contribution in [0.5, 0.6) is 5.75 Å². The molecule has 0 bridgehead atoms. The van der Waals surface area contributed by atoms with Gasteiger partial charge in [-0.05, 0) is 19.1 Å². The van der Waals surface area contributed by atoms with Crippen LogP contribution < -0.4 is 4.74 Å². The van der Waals surface area contributed by atoms with Crippen LogP contribution >= 0.6 is 0 Å². The minimum absolute atomic E-state index is 0.0792. The lowest BCUT2D eigenvalue weighted by atomic mass is 10.1. The van der Waals surface area contributed by atoms with Gasteiger partial charge in [-0.2, -0.15) is 0 Å². The first kappa shape index (κ1) is 8.51. The van der Waals surface area contributed by atoms with Crippen LogP contribution in [-0.4, -0.2) is 13.2 Å². The molecule has 1 aliphatic heterocycles. The third-order valence-corrected chi connectivity index (χ3v) is 2.21. The maximum absolute atomic E-state index is 12.8. The number of epoxide rings is 1. The van der Waals surface area contributed by atoms with Gasteiger partial charge >= 0.3 is 0 Å². The van der Waals surface area contributed by atoms with Crippen LogP contribution in [0.4, 0.5) is 4.39 Å². The monoisotopic (exact) mass is 182 g/mol. The Morgan fingerprint density at radius 1 is 1.46 bits per heavy atom. The lowest BCUT2D eigenvalue weighted by Gasteiger charge is -2.05. The lowest BCUT2D eigenvalue weighted by molar-refractivity contribution is 0.367. The highest BCUT2D eigenvalue weighted by atomic mass is 19.1. The number of hydrogen-bond acceptors (Lipinski definition) is 2. The molecule has 70 valence electrons. The first-order valence-corrected chi connectivity index (χ1v) is 4.21. The first-order chi connectivity index (χ1) is 6.22. The van der Waals surface area contributed by atoms with E-state index in [2.05, 4.69) is 0 Å². The van der Waals surface area contributed by atoms with Crippen molar-refractivity contribution in [3.8, 4) is 5.75 Å². The van der Waals surface area contributed by atoms with E-state index in [1.54, 1.807) is 6.07 Å². The van der Waals surface area contributed by atoms with Gasteiger partial charge in [-0.25, -0.2) is 4.39 Å². The van der Waals surface area contributed by atoms with Crippen molar-refractivity contribution in [2.24, 2.45) is 0 Å². The number of rotatable bonds is 2. The zero-order valence-corrected chi connectivity index (χ0v) is 7.58. The fourth-order valence-corrected chi connectivity index (χ4v) is 1.43. The number of halogens is 1. The molecule has 3 heteroatoms. The van der Waals surface area contributed by atoms with E-state index >= 15 is 0 Å². The van der Waals surface area contributed by atoms with Gasteiger partial charge in [0.1, 0.15) is 17.7 Å². The fourth-order valence-electron chi connectivity index (χ4n) is 1.43. The zero-order chi connectivity index (χ0) is 9.42. The van der Waals surface area contributed by atoms with E-state index in [0.717, 1.165) is 5.56 Å². The molecule has 1 fully saturated rings. The molecule has 2 rings (SSSR count). The lowest BCUT2D eigenvalue weighted by Crippen LogP contribution is -1.92. The van der Waals surface area contributed by atoms with E-state index in [-0.39, 0.29) is 18.0 Å². The maximum Gasteiger partial charge on any atom is 0.127 e. The minimum atomic E-state index is -0.283. The zero-order valence-electron chi connectivity index (χ0n) is 7.58. The molecule has 0 spiro atoms. The van der Waals surface area contributed by atoms with E-state index in [1.807, 2.05) is 6.92 Å². The normalized spacial score (nSPS) is 25.8. The van der Waals surface area contributed by atoms with Crippen LogP contribution in [0.3, 0.4) is 0 Å². The van der Waals surface area contributed by atoms with Gasteiger partial charge in [0.2, 0.25) is 0 Å². The largest absolute Gasteiger partial charge is 0.496 e. The van der Waals surface area contributed by atoms with Gasteiger partial charge < -0.3 is 9.47 Å². The highest BCUT2D eigenvalue weighted by Crippen LogP contribution is 2.42. The standard InChI is InChI=1S/C10H11FO2/c1-6-10(13-6)8-4-3-7(11)5-9(8)12-2/h3-6,10H,1-2H3/t6-,10+/m0/s1. The predicted molar refractivity (Wildman–Crippen MR) is 46.2 cm³/mol. The first-order valence-electron chi connectivity index (χ1n) is 4.21. The van der Waals surface area contributed by atoms with Crippen LogP contribution in [0.15, 0.2) is 18.2 Å². The summed E-state index contributed by atoms with van der Waals surface area (Å²) in [5.41, 5.74) is 0.927. The highest BCUT2D eigenvalue weighted by Gasteiger charge is 2.37. The van der Waals surface area contributed by atoms with Crippen molar-refractivity contribution in [2.75, 3.05) is 7.11 Å². The van der Waals surface area contributed by atoms with E-state index in [0.29, 0.717) is 5.75 Å². The number of ether oxygens (including phenoxy) is 2. The second-order valence-electron chi connectivity index (χ2n) is 3.15. The molecule has 1 heterocycles. The summed E-state index contributed by atoms with van der Waals surface area (Å²) in [5, 5.41) is 0. The number of hydrogen-bond donors (Lipinski definition) is 0. The topological polar surface area (TPSA) is 21.8 Å². The summed E-state index contributed by atoms with van der Waals surface area (Å²) in [6.45, 7) is 1.98. The Balaban J connectivity index is 2.34. The van der Waals surface area contributed by atoms with Crippen molar-refractivity contribution in [1.29, 1.82) is 0 Å². The van der Waals surface area contributed by atoms with E-state index in [4.69, 9.17) is 9.47 Å². The average molecular weight is 182 g/mol. The van der Waals surface area contributed by atoms with Gasteiger partial charge in [-0.15, -0.1) is 0 Å². The Labute approximate surface area is 76.3 Å². The highest BCUT2D eigenvalue weighted by molar-refractivity contribution is 5.38. The van der Waals surface area contributed by atoms with Crippen LogP contribution in [0.2, 0.25) is 0 Å². The number of methoxy groups -OCH3 is 1. The van der Waals surface area contributed by atoms with Crippen molar-refractivity contribution >= 4 is 0 Å². The number of benzene rings is 1. The molecular weight excluding hydrogens is 171 g/mol. The molecule has 2 atom stereocenters. The van der Waals surface area contributed by atoms with Crippen LogP contribution in [0.25, 0.3) is 0 Å². The summed E-state index contributed by atoms with van der Waals surface area (Å²) in [7, 11) is 1.53. The minimum Gasteiger partial charge on any atom is -0.496 e. The molecule has 1 aliphatic rings.